The molecule has 0 unspecified atom stereocenters. The number of amides is 1. The van der Waals surface area contributed by atoms with E-state index < -0.39 is 16.1 Å². The first-order chi connectivity index (χ1) is 14.8. The van der Waals surface area contributed by atoms with E-state index in [2.05, 4.69) is 27.3 Å². The number of nitrogens with zero attached hydrogens (tertiary/aromatic N) is 3. The van der Waals surface area contributed by atoms with Crippen molar-refractivity contribution in [2.24, 2.45) is 11.8 Å². The highest BCUT2D eigenvalue weighted by atomic mass is 32.2. The van der Waals surface area contributed by atoms with Crippen LogP contribution in [-0.2, 0) is 21.2 Å². The number of carbonyl (C=O) groups is 1. The van der Waals surface area contributed by atoms with Crippen LogP contribution in [0.15, 0.2) is 53.4 Å². The monoisotopic (exact) mass is 458 g/mol. The van der Waals surface area contributed by atoms with Crippen LogP contribution in [0.5, 0.6) is 0 Å². The van der Waals surface area contributed by atoms with Gasteiger partial charge < -0.3 is 4.90 Å². The molecule has 0 saturated carbocycles. The fraction of sp³-hybridized carbons (Fsp3) is 0.409. The third-order valence-corrected chi connectivity index (χ3v) is 7.64. The summed E-state index contributed by atoms with van der Waals surface area (Å²) in [6.45, 7) is 5.54. The van der Waals surface area contributed by atoms with Gasteiger partial charge in [0.25, 0.3) is 0 Å². The number of benzene rings is 2. The lowest BCUT2D eigenvalue weighted by atomic mass is 9.91. The van der Waals surface area contributed by atoms with E-state index in [-0.39, 0.29) is 17.2 Å². The van der Waals surface area contributed by atoms with Crippen LogP contribution in [0, 0.1) is 11.8 Å². The molecule has 164 valence electrons. The molecule has 3 atom stereocenters. The summed E-state index contributed by atoms with van der Waals surface area (Å²) >= 11 is 0.967. The number of fused-ring (bicyclic) bond motifs is 1. The summed E-state index contributed by atoms with van der Waals surface area (Å²) < 4.78 is 37.6. The second-order valence-electron chi connectivity index (χ2n) is 8.44. The van der Waals surface area contributed by atoms with Gasteiger partial charge in [0.05, 0.1) is 11.7 Å². The average molecular weight is 459 g/mol. The smallest absolute Gasteiger partial charge is 0.243 e. The normalized spacial score (nSPS) is 20.6. The van der Waals surface area contributed by atoms with Crippen molar-refractivity contribution in [2.75, 3.05) is 13.1 Å². The van der Waals surface area contributed by atoms with Gasteiger partial charge in [0.1, 0.15) is 22.0 Å². The van der Waals surface area contributed by atoms with E-state index >= 15 is 0 Å². The largest absolute Gasteiger partial charge is 0.341 e. The molecular weight excluding hydrogens is 432 g/mol. The van der Waals surface area contributed by atoms with E-state index in [1.165, 1.54) is 6.07 Å². The van der Waals surface area contributed by atoms with Crippen molar-refractivity contribution in [3.63, 3.8) is 0 Å². The lowest BCUT2D eigenvalue weighted by molar-refractivity contribution is -0.135. The predicted molar refractivity (Wildman–Crippen MR) is 121 cm³/mol. The molecule has 1 amide bonds. The lowest BCUT2D eigenvalue weighted by Gasteiger charge is -2.37. The minimum atomic E-state index is -3.98. The van der Waals surface area contributed by atoms with Gasteiger partial charge in [-0.15, -0.1) is 0 Å². The van der Waals surface area contributed by atoms with Crippen molar-refractivity contribution in [1.29, 1.82) is 0 Å². The van der Waals surface area contributed by atoms with Crippen molar-refractivity contribution in [1.82, 2.24) is 18.4 Å². The Hall–Kier alpha value is -2.36. The van der Waals surface area contributed by atoms with Gasteiger partial charge in [0.15, 0.2) is 0 Å². The standard InChI is InChI=1S/C22H26N4O3S2/c1-15-11-16(2)14-26(13-15)22(27)19(12-17-7-4-3-5-8-17)25-31(28,29)20-10-6-9-18-21(20)24-30-23-18/h3-10,15-16,19,25H,11-14H2,1-2H3/t15-,16-,19-/m1/s1. The van der Waals surface area contributed by atoms with E-state index in [4.69, 9.17) is 0 Å². The molecule has 9 heteroatoms. The molecule has 1 aliphatic rings. The Morgan fingerprint density at radius 1 is 1.10 bits per heavy atom. The van der Waals surface area contributed by atoms with Crippen molar-refractivity contribution in [3.05, 3.63) is 54.1 Å². The Morgan fingerprint density at radius 3 is 2.52 bits per heavy atom. The number of hydrogen-bond donors (Lipinski definition) is 1. The maximum Gasteiger partial charge on any atom is 0.243 e. The summed E-state index contributed by atoms with van der Waals surface area (Å²) in [7, 11) is -3.98. The predicted octanol–water partition coefficient (Wildman–Crippen LogP) is 3.09. The molecule has 0 aliphatic carbocycles. The van der Waals surface area contributed by atoms with E-state index in [1.54, 1.807) is 17.0 Å². The Kier molecular flexibility index (Phi) is 6.36. The summed E-state index contributed by atoms with van der Waals surface area (Å²) in [6.07, 6.45) is 1.35. The van der Waals surface area contributed by atoms with E-state index in [0.29, 0.717) is 36.0 Å². The number of carbonyl (C=O) groups excluding carboxylic acids is 1. The highest BCUT2D eigenvalue weighted by molar-refractivity contribution is 7.89. The highest BCUT2D eigenvalue weighted by Gasteiger charge is 2.33. The van der Waals surface area contributed by atoms with Gasteiger partial charge in [-0.05, 0) is 42.4 Å². The molecule has 0 radical (unpaired) electrons. The number of sulfonamides is 1. The zero-order valence-electron chi connectivity index (χ0n) is 17.6. The molecule has 31 heavy (non-hydrogen) atoms. The molecule has 1 aliphatic heterocycles. The second-order valence-corrected chi connectivity index (χ2v) is 10.7. The van der Waals surface area contributed by atoms with Crippen LogP contribution < -0.4 is 4.72 Å². The van der Waals surface area contributed by atoms with E-state index in [0.717, 1.165) is 23.7 Å². The fourth-order valence-corrected chi connectivity index (χ4v) is 6.30. The molecule has 0 bridgehead atoms. The number of aromatic nitrogens is 2. The molecule has 1 aromatic heterocycles. The molecule has 2 aromatic carbocycles. The van der Waals surface area contributed by atoms with Crippen molar-refractivity contribution < 1.29 is 13.2 Å². The maximum absolute atomic E-state index is 13.5. The zero-order valence-corrected chi connectivity index (χ0v) is 19.2. The summed E-state index contributed by atoms with van der Waals surface area (Å²) in [6, 6.07) is 13.4. The summed E-state index contributed by atoms with van der Waals surface area (Å²) in [5, 5.41) is 0. The molecule has 3 aromatic rings. The van der Waals surface area contributed by atoms with Gasteiger partial charge in [0.2, 0.25) is 15.9 Å². The van der Waals surface area contributed by atoms with Crippen LogP contribution in [0.25, 0.3) is 11.0 Å². The van der Waals surface area contributed by atoms with Gasteiger partial charge in [-0.2, -0.15) is 13.5 Å². The first-order valence-electron chi connectivity index (χ1n) is 10.4. The lowest BCUT2D eigenvalue weighted by Crippen LogP contribution is -2.53. The van der Waals surface area contributed by atoms with Crippen molar-refractivity contribution in [2.45, 2.75) is 37.6 Å². The summed E-state index contributed by atoms with van der Waals surface area (Å²) in [5.41, 5.74) is 1.75. The van der Waals surface area contributed by atoms with Crippen LogP contribution in [0.3, 0.4) is 0 Å². The van der Waals surface area contributed by atoms with Gasteiger partial charge in [-0.1, -0.05) is 50.2 Å². The molecule has 1 saturated heterocycles. The van der Waals surface area contributed by atoms with Gasteiger partial charge >= 0.3 is 0 Å². The Bertz CT molecular complexity index is 1150. The zero-order chi connectivity index (χ0) is 22.0. The topological polar surface area (TPSA) is 92.3 Å². The number of rotatable bonds is 6. The first-order valence-corrected chi connectivity index (χ1v) is 12.6. The Labute approximate surface area is 186 Å². The van der Waals surface area contributed by atoms with Crippen LogP contribution in [0.4, 0.5) is 0 Å². The third-order valence-electron chi connectivity index (χ3n) is 5.60. The second kappa shape index (κ2) is 9.02. The minimum absolute atomic E-state index is 0.0463. The van der Waals surface area contributed by atoms with Crippen LogP contribution in [0.2, 0.25) is 0 Å². The summed E-state index contributed by atoms with van der Waals surface area (Å²) in [4.78, 5) is 15.3. The number of hydrogen-bond acceptors (Lipinski definition) is 6. The molecule has 4 rings (SSSR count). The molecule has 7 nitrogen and oxygen atoms in total. The van der Waals surface area contributed by atoms with Gasteiger partial charge in [-0.25, -0.2) is 8.42 Å². The average Bonchev–Trinajstić information content (AvgIpc) is 3.21. The third kappa shape index (κ3) is 4.94. The van der Waals surface area contributed by atoms with Crippen LogP contribution >= 0.6 is 11.7 Å². The van der Waals surface area contributed by atoms with Gasteiger partial charge in [-0.3, -0.25) is 4.79 Å². The van der Waals surface area contributed by atoms with Crippen LogP contribution in [0.1, 0.15) is 25.8 Å². The molecular formula is C22H26N4O3S2. The van der Waals surface area contributed by atoms with Gasteiger partial charge in [0, 0.05) is 13.1 Å². The number of nitrogens with one attached hydrogen (secondary N) is 1. The van der Waals surface area contributed by atoms with Crippen molar-refractivity contribution in [3.8, 4) is 0 Å². The number of piperidine rings is 1. The quantitative estimate of drug-likeness (QED) is 0.613. The molecule has 1 fully saturated rings. The summed E-state index contributed by atoms with van der Waals surface area (Å²) in [5.74, 6) is 0.586. The Balaban J connectivity index is 1.65. The fourth-order valence-electron chi connectivity index (χ4n) is 4.34. The van der Waals surface area contributed by atoms with E-state index in [1.807, 2.05) is 30.3 Å². The van der Waals surface area contributed by atoms with Crippen LogP contribution in [-0.4, -0.2) is 47.1 Å². The number of likely N-dealkylation sites (tertiary alicyclic amines) is 1. The maximum atomic E-state index is 13.5. The van der Waals surface area contributed by atoms with Crippen molar-refractivity contribution >= 4 is 38.7 Å². The SMILES string of the molecule is C[C@@H]1C[C@@H](C)CN(C(=O)[C@@H](Cc2ccccc2)NS(=O)(=O)c2cccc3nsnc23)C1. The minimum Gasteiger partial charge on any atom is -0.341 e. The molecule has 2 heterocycles. The Morgan fingerprint density at radius 2 is 1.81 bits per heavy atom. The highest BCUT2D eigenvalue weighted by Crippen LogP contribution is 2.24. The first kappa shape index (κ1) is 21.9. The molecule has 1 N–H and O–H groups in total. The molecule has 0 spiro atoms. The van der Waals surface area contributed by atoms with E-state index in [9.17, 15) is 13.2 Å².